The molecular weight excluding hydrogens is 534 g/mol. The molecule has 0 fully saturated rings. The van der Waals surface area contributed by atoms with Gasteiger partial charge in [-0.3, -0.25) is 19.2 Å². The van der Waals surface area contributed by atoms with Crippen molar-refractivity contribution < 1.29 is 19.2 Å². The smallest absolute Gasteiger partial charge is 0.243 e. The largest absolute Gasteiger partial charge is 0.361 e. The maximum absolute atomic E-state index is 13.9. The third kappa shape index (κ3) is 8.27. The molecule has 42 heavy (non-hydrogen) atoms. The molecule has 4 rings (SSSR count). The Morgan fingerprint density at radius 1 is 1.00 bits per heavy atom. The number of hydrogen-bond donors (Lipinski definition) is 4. The quantitative estimate of drug-likeness (QED) is 0.242. The van der Waals surface area contributed by atoms with Crippen molar-refractivity contribution in [3.8, 4) is 0 Å². The summed E-state index contributed by atoms with van der Waals surface area (Å²) in [6.45, 7) is 5.96. The molecule has 3 heterocycles. The molecule has 1 aromatic carbocycles. The molecule has 3 aromatic rings. The van der Waals surface area contributed by atoms with Gasteiger partial charge in [0.15, 0.2) is 0 Å². The van der Waals surface area contributed by atoms with Gasteiger partial charge in [-0.1, -0.05) is 63.4 Å². The number of H-pyrrole nitrogens is 1. The van der Waals surface area contributed by atoms with E-state index in [9.17, 15) is 19.2 Å². The molecule has 0 spiro atoms. The zero-order chi connectivity index (χ0) is 30.1. The van der Waals surface area contributed by atoms with Crippen molar-refractivity contribution in [3.05, 3.63) is 47.9 Å². The number of ketones is 1. The van der Waals surface area contributed by atoms with Crippen LogP contribution in [0.4, 0.5) is 0 Å². The molecule has 0 aliphatic carbocycles. The summed E-state index contributed by atoms with van der Waals surface area (Å²) in [5, 5.41) is 18.3. The van der Waals surface area contributed by atoms with Crippen LogP contribution in [0.1, 0.15) is 89.4 Å². The second kappa shape index (κ2) is 14.7. The fourth-order valence-electron chi connectivity index (χ4n) is 5.33. The molecule has 0 saturated heterocycles. The van der Waals surface area contributed by atoms with Gasteiger partial charge in [0.25, 0.3) is 0 Å². The van der Waals surface area contributed by atoms with E-state index < -0.39 is 24.0 Å². The molecule has 0 saturated carbocycles. The number of para-hydroxylation sites is 1. The average Bonchev–Trinajstić information content (AvgIpc) is 3.62. The number of nitrogens with zero attached hydrogens (tertiary/aromatic N) is 3. The molecule has 2 aromatic heterocycles. The molecule has 4 N–H and O–H groups in total. The second-order valence-electron chi connectivity index (χ2n) is 11.4. The van der Waals surface area contributed by atoms with Gasteiger partial charge in [-0.05, 0) is 36.8 Å². The second-order valence-corrected chi connectivity index (χ2v) is 11.4. The van der Waals surface area contributed by atoms with Gasteiger partial charge in [0.1, 0.15) is 30.1 Å². The number of carbonyl (C=O) groups is 4. The molecule has 1 unspecified atom stereocenters. The van der Waals surface area contributed by atoms with Crippen molar-refractivity contribution in [2.75, 3.05) is 0 Å². The lowest BCUT2D eigenvalue weighted by Gasteiger charge is -2.26. The normalized spacial score (nSPS) is 20.5. The summed E-state index contributed by atoms with van der Waals surface area (Å²) in [5.74, 6) is -0.577. The third-order valence-corrected chi connectivity index (χ3v) is 8.10. The first-order chi connectivity index (χ1) is 20.3. The Hall–Kier alpha value is -4.02. The number of amides is 3. The average molecular weight is 578 g/mol. The Kier molecular flexibility index (Phi) is 10.9. The van der Waals surface area contributed by atoms with Crippen LogP contribution in [0, 0.1) is 5.92 Å². The zero-order valence-electron chi connectivity index (χ0n) is 24.8. The zero-order valence-corrected chi connectivity index (χ0v) is 24.8. The van der Waals surface area contributed by atoms with Crippen LogP contribution in [0.25, 0.3) is 10.9 Å². The molecule has 0 radical (unpaired) electrons. The summed E-state index contributed by atoms with van der Waals surface area (Å²) in [4.78, 5) is 55.4. The van der Waals surface area contributed by atoms with Gasteiger partial charge in [0.2, 0.25) is 17.7 Å². The van der Waals surface area contributed by atoms with Crippen molar-refractivity contribution in [3.63, 3.8) is 0 Å². The minimum atomic E-state index is -0.881. The first-order valence-electron chi connectivity index (χ1n) is 15.1. The van der Waals surface area contributed by atoms with Gasteiger partial charge in [0.05, 0.1) is 12.2 Å². The molecule has 3 amide bonds. The predicted molar refractivity (Wildman–Crippen MR) is 159 cm³/mol. The summed E-state index contributed by atoms with van der Waals surface area (Å²) in [6.07, 6.45) is 8.95. The molecule has 2 bridgehead atoms. The molecule has 11 nitrogen and oxygen atoms in total. The number of rotatable bonds is 12. The lowest BCUT2D eigenvalue weighted by atomic mass is 9.96. The topological polar surface area (TPSA) is 151 Å². The fraction of sp³-hybridized carbons (Fsp3) is 0.548. The minimum absolute atomic E-state index is 0.0927. The Bertz CT molecular complexity index is 1380. The predicted octanol–water partition coefficient (Wildman–Crippen LogP) is 3.51. The van der Waals surface area contributed by atoms with Gasteiger partial charge >= 0.3 is 0 Å². The van der Waals surface area contributed by atoms with Gasteiger partial charge in [-0.15, -0.1) is 5.10 Å². The monoisotopic (exact) mass is 577 g/mol. The van der Waals surface area contributed by atoms with Crippen molar-refractivity contribution in [2.24, 2.45) is 5.92 Å². The van der Waals surface area contributed by atoms with Crippen LogP contribution >= 0.6 is 0 Å². The summed E-state index contributed by atoms with van der Waals surface area (Å²) >= 11 is 0. The Morgan fingerprint density at radius 3 is 2.55 bits per heavy atom. The lowest BCUT2D eigenvalue weighted by Crippen LogP contribution is -2.55. The van der Waals surface area contributed by atoms with E-state index in [-0.39, 0.29) is 30.6 Å². The maximum atomic E-state index is 13.9. The Morgan fingerprint density at radius 2 is 1.76 bits per heavy atom. The Balaban J connectivity index is 1.60. The van der Waals surface area contributed by atoms with Crippen LogP contribution in [0.15, 0.2) is 36.7 Å². The van der Waals surface area contributed by atoms with E-state index in [2.05, 4.69) is 45.1 Å². The number of nitrogens with one attached hydrogen (secondary N) is 4. The van der Waals surface area contributed by atoms with Crippen molar-refractivity contribution in [1.82, 2.24) is 35.9 Å². The highest BCUT2D eigenvalue weighted by Gasteiger charge is 2.31. The maximum Gasteiger partial charge on any atom is 0.243 e. The highest BCUT2D eigenvalue weighted by molar-refractivity contribution is 5.93. The number of unbranched alkanes of at least 4 members (excludes halogenated alkanes) is 2. The van der Waals surface area contributed by atoms with Gasteiger partial charge in [0, 0.05) is 36.4 Å². The van der Waals surface area contributed by atoms with E-state index in [0.29, 0.717) is 43.7 Å². The van der Waals surface area contributed by atoms with E-state index in [1.165, 1.54) is 4.68 Å². The third-order valence-electron chi connectivity index (χ3n) is 8.10. The molecule has 1 aliphatic rings. The van der Waals surface area contributed by atoms with Crippen LogP contribution in [0.3, 0.4) is 0 Å². The molecule has 4 atom stereocenters. The lowest BCUT2D eigenvalue weighted by molar-refractivity contribution is -0.132. The van der Waals surface area contributed by atoms with Crippen molar-refractivity contribution in [1.29, 1.82) is 0 Å². The van der Waals surface area contributed by atoms with E-state index >= 15 is 0 Å². The number of carbonyl (C=O) groups excluding carboxylic acids is 4. The van der Waals surface area contributed by atoms with E-state index in [4.69, 9.17) is 0 Å². The van der Waals surface area contributed by atoms with Crippen LogP contribution in [-0.2, 0) is 32.1 Å². The SMILES string of the molecule is CCC(=O)CCCCC[C@@H]1NC(=O)Cn2cc(nn2)[C@H](CC(C)CC)NC(=O)[C@H](Cc2c[nH]c3ccccc23)NC1=O. The van der Waals surface area contributed by atoms with Gasteiger partial charge in [-0.2, -0.15) is 0 Å². The van der Waals surface area contributed by atoms with Crippen molar-refractivity contribution >= 4 is 34.4 Å². The van der Waals surface area contributed by atoms with Crippen LogP contribution in [-0.4, -0.2) is 55.6 Å². The van der Waals surface area contributed by atoms with Gasteiger partial charge < -0.3 is 20.9 Å². The fourth-order valence-corrected chi connectivity index (χ4v) is 5.33. The summed E-state index contributed by atoms with van der Waals surface area (Å²) in [5.41, 5.74) is 2.42. The summed E-state index contributed by atoms with van der Waals surface area (Å²) in [7, 11) is 0. The summed E-state index contributed by atoms with van der Waals surface area (Å²) < 4.78 is 1.44. The minimum Gasteiger partial charge on any atom is -0.361 e. The molecular formula is C31H43N7O4. The highest BCUT2D eigenvalue weighted by Crippen LogP contribution is 2.23. The van der Waals surface area contributed by atoms with Crippen LogP contribution in [0.2, 0.25) is 0 Å². The number of fused-ring (bicyclic) bond motifs is 3. The van der Waals surface area contributed by atoms with E-state index in [0.717, 1.165) is 35.7 Å². The van der Waals surface area contributed by atoms with E-state index in [1.807, 2.05) is 37.4 Å². The van der Waals surface area contributed by atoms with Crippen LogP contribution in [0.5, 0.6) is 0 Å². The number of aromatic amines is 1. The first kappa shape index (κ1) is 30.9. The number of hydrogen-bond acceptors (Lipinski definition) is 6. The molecule has 1 aliphatic heterocycles. The molecule has 226 valence electrons. The van der Waals surface area contributed by atoms with E-state index in [1.54, 1.807) is 6.20 Å². The van der Waals surface area contributed by atoms with Crippen molar-refractivity contribution in [2.45, 2.75) is 103 Å². The van der Waals surface area contributed by atoms with Gasteiger partial charge in [-0.25, -0.2) is 4.68 Å². The number of aromatic nitrogens is 4. The summed E-state index contributed by atoms with van der Waals surface area (Å²) in [6, 6.07) is 5.69. The standard InChI is InChI=1S/C31H43N7O4/c1-4-20(3)15-26-28-18-38(37-36-28)19-29(40)33-25(14-8-6-7-11-22(39)5-2)30(41)35-27(31(42)34-26)16-21-17-32-24-13-10-9-12-23(21)24/h9-10,12-13,17-18,20,25-27,32H,4-8,11,14-16,19H2,1-3H3,(H,33,40)(H,34,42)(H,35,41)/t20?,25-,26-,27-/m0/s1. The number of Topliss-reactive ketones (excluding diaryl/α,β-unsaturated/α-hetero) is 1. The van der Waals surface area contributed by atoms with Crippen LogP contribution < -0.4 is 16.0 Å². The number of benzene rings is 1. The Labute approximate surface area is 246 Å². The highest BCUT2D eigenvalue weighted by atomic mass is 16.2. The molecule has 11 heteroatoms. The first-order valence-corrected chi connectivity index (χ1v) is 15.1.